The molecule has 0 spiro atoms. The number of carboxylic acid groups (broad SMARTS) is 1. The predicted octanol–water partition coefficient (Wildman–Crippen LogP) is 3.13. The van der Waals surface area contributed by atoms with Crippen molar-refractivity contribution in [3.05, 3.63) is 59.2 Å². The zero-order valence-electron chi connectivity index (χ0n) is 15.7. The summed E-state index contributed by atoms with van der Waals surface area (Å²) in [6.07, 6.45) is 0. The maximum atomic E-state index is 12.5. The third-order valence-corrected chi connectivity index (χ3v) is 4.17. The molecule has 0 aliphatic rings. The number of aromatic carboxylic acids is 1. The second-order valence-corrected chi connectivity index (χ2v) is 5.85. The molecule has 0 unspecified atom stereocenters. The number of amides is 2. The minimum Gasteiger partial charge on any atom is -0.497 e. The number of urea groups is 1. The van der Waals surface area contributed by atoms with Gasteiger partial charge in [-0.1, -0.05) is 12.1 Å². The fourth-order valence-electron chi connectivity index (χ4n) is 2.57. The standard InChI is InChI=1S/C20H24N2O5/c1-4-22(13-16-9-10-17(26-2)11-18(16)27-3)20(25)21-12-14-5-7-15(8-6-14)19(23)24/h5-11H,4,12-13H2,1-3H3,(H,21,25)(H,23,24). The van der Waals surface area contributed by atoms with Crippen molar-refractivity contribution in [3.8, 4) is 11.5 Å². The van der Waals surface area contributed by atoms with Gasteiger partial charge in [-0.25, -0.2) is 9.59 Å². The van der Waals surface area contributed by atoms with Gasteiger partial charge in [0.2, 0.25) is 0 Å². The monoisotopic (exact) mass is 372 g/mol. The summed E-state index contributed by atoms with van der Waals surface area (Å²) in [6, 6.07) is 11.7. The van der Waals surface area contributed by atoms with Crippen LogP contribution in [0, 0.1) is 0 Å². The topological polar surface area (TPSA) is 88.1 Å². The number of nitrogens with zero attached hydrogens (tertiary/aromatic N) is 1. The number of carbonyl (C=O) groups is 2. The minimum atomic E-state index is -0.976. The Labute approximate surface area is 158 Å². The molecule has 27 heavy (non-hydrogen) atoms. The highest BCUT2D eigenvalue weighted by Gasteiger charge is 2.15. The van der Waals surface area contributed by atoms with Crippen LogP contribution < -0.4 is 14.8 Å². The third-order valence-electron chi connectivity index (χ3n) is 4.17. The van der Waals surface area contributed by atoms with Gasteiger partial charge < -0.3 is 24.8 Å². The van der Waals surface area contributed by atoms with Gasteiger partial charge in [-0.2, -0.15) is 0 Å². The van der Waals surface area contributed by atoms with Crippen molar-refractivity contribution in [3.63, 3.8) is 0 Å². The van der Waals surface area contributed by atoms with Gasteiger partial charge in [-0.3, -0.25) is 0 Å². The second-order valence-electron chi connectivity index (χ2n) is 5.85. The van der Waals surface area contributed by atoms with Gasteiger partial charge in [0.25, 0.3) is 0 Å². The molecule has 2 rings (SSSR count). The van der Waals surface area contributed by atoms with Crippen molar-refractivity contribution in [2.24, 2.45) is 0 Å². The number of carboxylic acids is 1. The van der Waals surface area contributed by atoms with E-state index in [1.165, 1.54) is 12.1 Å². The van der Waals surface area contributed by atoms with Gasteiger partial charge in [0, 0.05) is 24.7 Å². The molecule has 2 amide bonds. The summed E-state index contributed by atoms with van der Waals surface area (Å²) in [5.74, 6) is 0.369. The van der Waals surface area contributed by atoms with Crippen molar-refractivity contribution in [2.75, 3.05) is 20.8 Å². The van der Waals surface area contributed by atoms with Crippen LogP contribution in [-0.2, 0) is 13.1 Å². The first-order chi connectivity index (χ1) is 13.0. The highest BCUT2D eigenvalue weighted by Crippen LogP contribution is 2.25. The largest absolute Gasteiger partial charge is 0.497 e. The Balaban J connectivity index is 2.00. The van der Waals surface area contributed by atoms with Gasteiger partial charge in [-0.05, 0) is 36.8 Å². The number of hydrogen-bond acceptors (Lipinski definition) is 4. The summed E-state index contributed by atoms with van der Waals surface area (Å²) in [7, 11) is 3.17. The van der Waals surface area contributed by atoms with Crippen molar-refractivity contribution < 1.29 is 24.2 Å². The van der Waals surface area contributed by atoms with Crippen molar-refractivity contribution in [1.82, 2.24) is 10.2 Å². The van der Waals surface area contributed by atoms with Crippen LogP contribution in [0.25, 0.3) is 0 Å². The van der Waals surface area contributed by atoms with Crippen LogP contribution in [0.2, 0.25) is 0 Å². The lowest BCUT2D eigenvalue weighted by Crippen LogP contribution is -2.39. The van der Waals surface area contributed by atoms with Gasteiger partial charge >= 0.3 is 12.0 Å². The second kappa shape index (κ2) is 9.47. The summed E-state index contributed by atoms with van der Waals surface area (Å²) in [5, 5.41) is 11.8. The molecule has 0 aliphatic heterocycles. The van der Waals surface area contributed by atoms with Gasteiger partial charge in [0.15, 0.2) is 0 Å². The molecule has 0 atom stereocenters. The van der Waals surface area contributed by atoms with E-state index in [-0.39, 0.29) is 11.6 Å². The smallest absolute Gasteiger partial charge is 0.335 e. The summed E-state index contributed by atoms with van der Waals surface area (Å²) in [6.45, 7) is 3.14. The predicted molar refractivity (Wildman–Crippen MR) is 101 cm³/mol. The van der Waals surface area contributed by atoms with Crippen LogP contribution >= 0.6 is 0 Å². The highest BCUT2D eigenvalue weighted by molar-refractivity contribution is 5.87. The van der Waals surface area contributed by atoms with E-state index < -0.39 is 5.97 Å². The molecule has 0 bridgehead atoms. The fourth-order valence-corrected chi connectivity index (χ4v) is 2.57. The Morgan fingerprint density at radius 1 is 1.07 bits per heavy atom. The summed E-state index contributed by atoms with van der Waals surface area (Å²) < 4.78 is 10.6. The van der Waals surface area contributed by atoms with E-state index in [4.69, 9.17) is 14.6 Å². The number of methoxy groups -OCH3 is 2. The first-order valence-electron chi connectivity index (χ1n) is 8.54. The molecule has 2 aromatic rings. The first-order valence-corrected chi connectivity index (χ1v) is 8.54. The number of nitrogens with one attached hydrogen (secondary N) is 1. The van der Waals surface area contributed by atoms with Crippen molar-refractivity contribution in [2.45, 2.75) is 20.0 Å². The van der Waals surface area contributed by atoms with Crippen molar-refractivity contribution >= 4 is 12.0 Å². The Kier molecular flexibility index (Phi) is 7.05. The zero-order chi connectivity index (χ0) is 19.8. The molecule has 0 saturated heterocycles. The Hall–Kier alpha value is -3.22. The number of benzene rings is 2. The van der Waals surface area contributed by atoms with Crippen LogP contribution in [-0.4, -0.2) is 42.8 Å². The van der Waals surface area contributed by atoms with Gasteiger partial charge in [0.05, 0.1) is 26.3 Å². The quantitative estimate of drug-likeness (QED) is 0.743. The number of rotatable bonds is 8. The molecule has 2 aromatic carbocycles. The van der Waals surface area contributed by atoms with Crippen LogP contribution in [0.15, 0.2) is 42.5 Å². The lowest BCUT2D eigenvalue weighted by molar-refractivity contribution is 0.0697. The zero-order valence-corrected chi connectivity index (χ0v) is 15.7. The van der Waals surface area contributed by atoms with Crippen LogP contribution in [0.3, 0.4) is 0 Å². The van der Waals surface area contributed by atoms with E-state index in [9.17, 15) is 9.59 Å². The van der Waals surface area contributed by atoms with E-state index in [1.807, 2.05) is 19.1 Å². The Morgan fingerprint density at radius 3 is 2.33 bits per heavy atom. The number of ether oxygens (including phenoxy) is 2. The average molecular weight is 372 g/mol. The van der Waals surface area contributed by atoms with E-state index in [0.29, 0.717) is 31.1 Å². The molecule has 0 aliphatic carbocycles. The van der Waals surface area contributed by atoms with E-state index in [2.05, 4.69) is 5.32 Å². The van der Waals surface area contributed by atoms with E-state index in [1.54, 1.807) is 37.3 Å². The SMILES string of the molecule is CCN(Cc1ccc(OC)cc1OC)C(=O)NCc1ccc(C(=O)O)cc1. The Bertz CT molecular complexity index is 789. The molecule has 0 radical (unpaired) electrons. The molecular formula is C20H24N2O5. The molecule has 7 nitrogen and oxygen atoms in total. The molecule has 0 aromatic heterocycles. The molecule has 7 heteroatoms. The van der Waals surface area contributed by atoms with Gasteiger partial charge in [-0.15, -0.1) is 0 Å². The lowest BCUT2D eigenvalue weighted by atomic mass is 10.1. The number of hydrogen-bond donors (Lipinski definition) is 2. The molecular weight excluding hydrogens is 348 g/mol. The molecule has 0 heterocycles. The summed E-state index contributed by atoms with van der Waals surface area (Å²) in [5.41, 5.74) is 1.92. The average Bonchev–Trinajstić information content (AvgIpc) is 2.70. The van der Waals surface area contributed by atoms with E-state index in [0.717, 1.165) is 11.1 Å². The summed E-state index contributed by atoms with van der Waals surface area (Å²) in [4.78, 5) is 25.0. The lowest BCUT2D eigenvalue weighted by Gasteiger charge is -2.23. The van der Waals surface area contributed by atoms with Crippen LogP contribution in [0.5, 0.6) is 11.5 Å². The normalized spacial score (nSPS) is 10.2. The molecule has 144 valence electrons. The first kappa shape index (κ1) is 20.1. The van der Waals surface area contributed by atoms with Crippen LogP contribution in [0.4, 0.5) is 4.79 Å². The summed E-state index contributed by atoms with van der Waals surface area (Å²) >= 11 is 0. The highest BCUT2D eigenvalue weighted by atomic mass is 16.5. The van der Waals surface area contributed by atoms with Crippen molar-refractivity contribution in [1.29, 1.82) is 0 Å². The maximum absolute atomic E-state index is 12.5. The fraction of sp³-hybridized carbons (Fsp3) is 0.300. The maximum Gasteiger partial charge on any atom is 0.335 e. The third kappa shape index (κ3) is 5.37. The molecule has 0 fully saturated rings. The number of carbonyl (C=O) groups excluding carboxylic acids is 1. The molecule has 0 saturated carbocycles. The van der Waals surface area contributed by atoms with Crippen LogP contribution in [0.1, 0.15) is 28.4 Å². The van der Waals surface area contributed by atoms with Gasteiger partial charge in [0.1, 0.15) is 11.5 Å². The Morgan fingerprint density at radius 2 is 1.78 bits per heavy atom. The minimum absolute atomic E-state index is 0.210. The molecule has 2 N–H and O–H groups in total. The van der Waals surface area contributed by atoms with E-state index >= 15 is 0 Å².